The first-order valence-electron chi connectivity index (χ1n) is 5.62. The molecule has 0 bridgehead atoms. The van der Waals surface area contributed by atoms with E-state index in [0.29, 0.717) is 5.69 Å². The van der Waals surface area contributed by atoms with Crippen LogP contribution >= 0.6 is 0 Å². The van der Waals surface area contributed by atoms with Crippen LogP contribution in [0.3, 0.4) is 0 Å². The van der Waals surface area contributed by atoms with Crippen molar-refractivity contribution >= 4 is 11.6 Å². The van der Waals surface area contributed by atoms with Crippen molar-refractivity contribution in [1.82, 2.24) is 4.98 Å². The molecule has 1 amide bonds. The minimum Gasteiger partial charge on any atom is -0.508 e. The fourth-order valence-electron chi connectivity index (χ4n) is 1.62. The molecule has 1 heterocycles. The topological polar surface area (TPSA) is 53.4 Å². The van der Waals surface area contributed by atoms with Crippen LogP contribution in [-0.2, 0) is 11.2 Å². The van der Waals surface area contributed by atoms with E-state index in [1.54, 1.807) is 37.5 Å². The molecule has 4 heteroatoms. The summed E-state index contributed by atoms with van der Waals surface area (Å²) in [6, 6.07) is 12.1. The van der Waals surface area contributed by atoms with Gasteiger partial charge in [-0.3, -0.25) is 9.78 Å². The normalized spacial score (nSPS) is 10.1. The van der Waals surface area contributed by atoms with Crippen molar-refractivity contribution in [2.75, 3.05) is 11.9 Å². The van der Waals surface area contributed by atoms with E-state index in [2.05, 4.69) is 4.98 Å². The number of anilines is 1. The Morgan fingerprint density at radius 3 is 2.78 bits per heavy atom. The number of pyridine rings is 1. The lowest BCUT2D eigenvalue weighted by Crippen LogP contribution is -2.28. The van der Waals surface area contributed by atoms with E-state index in [-0.39, 0.29) is 18.1 Å². The average Bonchev–Trinajstić information content (AvgIpc) is 2.39. The van der Waals surface area contributed by atoms with Crippen LogP contribution in [0.4, 0.5) is 5.69 Å². The molecule has 2 rings (SSSR count). The summed E-state index contributed by atoms with van der Waals surface area (Å²) in [5, 5.41) is 9.38. The van der Waals surface area contributed by atoms with Gasteiger partial charge < -0.3 is 10.0 Å². The van der Waals surface area contributed by atoms with Crippen LogP contribution in [0.2, 0.25) is 0 Å². The molecule has 0 saturated heterocycles. The highest BCUT2D eigenvalue weighted by Crippen LogP contribution is 2.19. The molecular formula is C14H14N2O2. The van der Waals surface area contributed by atoms with Crippen LogP contribution in [0.25, 0.3) is 0 Å². The highest BCUT2D eigenvalue weighted by molar-refractivity contribution is 5.94. The predicted octanol–water partition coefficient (Wildman–Crippen LogP) is 1.99. The van der Waals surface area contributed by atoms with Gasteiger partial charge in [0.2, 0.25) is 5.91 Å². The number of likely N-dealkylation sites (N-methyl/N-ethyl adjacent to an activating group) is 1. The third-order valence-electron chi connectivity index (χ3n) is 2.65. The van der Waals surface area contributed by atoms with Gasteiger partial charge in [0.05, 0.1) is 6.42 Å². The summed E-state index contributed by atoms with van der Waals surface area (Å²) >= 11 is 0. The first-order valence-corrected chi connectivity index (χ1v) is 5.62. The van der Waals surface area contributed by atoms with Gasteiger partial charge in [-0.1, -0.05) is 12.1 Å². The number of amides is 1. The maximum absolute atomic E-state index is 12.0. The number of benzene rings is 1. The van der Waals surface area contributed by atoms with E-state index in [1.165, 1.54) is 4.90 Å². The Morgan fingerprint density at radius 1 is 1.28 bits per heavy atom. The van der Waals surface area contributed by atoms with E-state index >= 15 is 0 Å². The number of phenolic OH excluding ortho intramolecular Hbond substituents is 1. The van der Waals surface area contributed by atoms with Crippen molar-refractivity contribution in [2.24, 2.45) is 0 Å². The molecule has 1 N–H and O–H groups in total. The van der Waals surface area contributed by atoms with Gasteiger partial charge in [-0.2, -0.15) is 0 Å². The van der Waals surface area contributed by atoms with Crippen LogP contribution in [-0.4, -0.2) is 23.0 Å². The lowest BCUT2D eigenvalue weighted by Gasteiger charge is -2.17. The maximum Gasteiger partial charge on any atom is 0.232 e. The lowest BCUT2D eigenvalue weighted by atomic mass is 10.2. The molecule has 92 valence electrons. The molecule has 18 heavy (non-hydrogen) atoms. The number of carbonyl (C=O) groups is 1. The zero-order valence-electron chi connectivity index (χ0n) is 10.1. The number of aromatic nitrogens is 1. The number of phenols is 1. The Hall–Kier alpha value is -2.36. The fraction of sp³-hybridized carbons (Fsp3) is 0.143. The summed E-state index contributed by atoms with van der Waals surface area (Å²) in [5.74, 6) is 0.0734. The SMILES string of the molecule is CN(C(=O)Cc1ccccn1)c1cccc(O)c1. The molecule has 1 aromatic heterocycles. The second kappa shape index (κ2) is 5.31. The Labute approximate surface area is 106 Å². The summed E-state index contributed by atoms with van der Waals surface area (Å²) in [5.41, 5.74) is 1.39. The van der Waals surface area contributed by atoms with E-state index in [9.17, 15) is 9.90 Å². The van der Waals surface area contributed by atoms with Gasteiger partial charge in [0.1, 0.15) is 5.75 Å². The van der Waals surface area contributed by atoms with Gasteiger partial charge in [-0.25, -0.2) is 0 Å². The third-order valence-corrected chi connectivity index (χ3v) is 2.65. The molecule has 0 atom stereocenters. The summed E-state index contributed by atoms with van der Waals surface area (Å²) in [4.78, 5) is 17.7. The van der Waals surface area contributed by atoms with E-state index < -0.39 is 0 Å². The van der Waals surface area contributed by atoms with Crippen LogP contribution in [0.1, 0.15) is 5.69 Å². The van der Waals surface area contributed by atoms with Crippen molar-refractivity contribution in [1.29, 1.82) is 0 Å². The molecule has 0 saturated carbocycles. The minimum absolute atomic E-state index is 0.0701. The van der Waals surface area contributed by atoms with Crippen LogP contribution in [0.5, 0.6) is 5.75 Å². The number of carbonyl (C=O) groups excluding carboxylic acids is 1. The van der Waals surface area contributed by atoms with E-state index in [0.717, 1.165) is 5.69 Å². The number of rotatable bonds is 3. The van der Waals surface area contributed by atoms with Crippen molar-refractivity contribution < 1.29 is 9.90 Å². The van der Waals surface area contributed by atoms with Crippen molar-refractivity contribution in [3.8, 4) is 5.75 Å². The lowest BCUT2D eigenvalue weighted by molar-refractivity contribution is -0.117. The molecule has 0 spiro atoms. The zero-order chi connectivity index (χ0) is 13.0. The van der Waals surface area contributed by atoms with Gasteiger partial charge in [0.25, 0.3) is 0 Å². The van der Waals surface area contributed by atoms with Gasteiger partial charge in [0, 0.05) is 30.7 Å². The van der Waals surface area contributed by atoms with Gasteiger partial charge in [-0.15, -0.1) is 0 Å². The second-order valence-corrected chi connectivity index (χ2v) is 3.97. The Kier molecular flexibility index (Phi) is 3.57. The molecular weight excluding hydrogens is 228 g/mol. The van der Waals surface area contributed by atoms with Crippen LogP contribution < -0.4 is 4.90 Å². The maximum atomic E-state index is 12.0. The molecule has 0 aliphatic carbocycles. The van der Waals surface area contributed by atoms with Crippen molar-refractivity contribution in [3.63, 3.8) is 0 Å². The smallest absolute Gasteiger partial charge is 0.232 e. The molecule has 0 fully saturated rings. The second-order valence-electron chi connectivity index (χ2n) is 3.97. The highest BCUT2D eigenvalue weighted by Gasteiger charge is 2.12. The molecule has 0 radical (unpaired) electrons. The number of hydrogen-bond acceptors (Lipinski definition) is 3. The van der Waals surface area contributed by atoms with E-state index in [1.807, 2.05) is 18.2 Å². The minimum atomic E-state index is -0.0701. The summed E-state index contributed by atoms with van der Waals surface area (Å²) in [7, 11) is 1.68. The monoisotopic (exact) mass is 242 g/mol. The summed E-state index contributed by atoms with van der Waals surface area (Å²) in [6.45, 7) is 0. The van der Waals surface area contributed by atoms with Crippen LogP contribution in [0, 0.1) is 0 Å². The quantitative estimate of drug-likeness (QED) is 0.895. The number of aromatic hydroxyl groups is 1. The average molecular weight is 242 g/mol. The van der Waals surface area contributed by atoms with Crippen molar-refractivity contribution in [3.05, 3.63) is 54.4 Å². The molecule has 0 unspecified atom stereocenters. The molecule has 0 aliphatic rings. The fourth-order valence-corrected chi connectivity index (χ4v) is 1.62. The Balaban J connectivity index is 2.10. The third kappa shape index (κ3) is 2.85. The zero-order valence-corrected chi connectivity index (χ0v) is 10.1. The first kappa shape index (κ1) is 12.1. The molecule has 1 aromatic carbocycles. The number of nitrogens with zero attached hydrogens (tertiary/aromatic N) is 2. The van der Waals surface area contributed by atoms with Gasteiger partial charge in [0.15, 0.2) is 0 Å². The highest BCUT2D eigenvalue weighted by atomic mass is 16.3. The molecule has 4 nitrogen and oxygen atoms in total. The van der Waals surface area contributed by atoms with Crippen LogP contribution in [0.15, 0.2) is 48.7 Å². The Morgan fingerprint density at radius 2 is 2.11 bits per heavy atom. The summed E-state index contributed by atoms with van der Waals surface area (Å²) < 4.78 is 0. The molecule has 2 aromatic rings. The summed E-state index contributed by atoms with van der Waals surface area (Å²) in [6.07, 6.45) is 1.91. The predicted molar refractivity (Wildman–Crippen MR) is 69.5 cm³/mol. The van der Waals surface area contributed by atoms with Crippen molar-refractivity contribution in [2.45, 2.75) is 6.42 Å². The van der Waals surface area contributed by atoms with Gasteiger partial charge in [-0.05, 0) is 24.3 Å². The number of hydrogen-bond donors (Lipinski definition) is 1. The molecule has 0 aliphatic heterocycles. The van der Waals surface area contributed by atoms with E-state index in [4.69, 9.17) is 0 Å². The first-order chi connectivity index (χ1) is 8.66. The standard InChI is InChI=1S/C14H14N2O2/c1-16(12-6-4-7-13(17)10-12)14(18)9-11-5-2-3-8-15-11/h2-8,10,17H,9H2,1H3. The largest absolute Gasteiger partial charge is 0.508 e. The van der Waals surface area contributed by atoms with Gasteiger partial charge >= 0.3 is 0 Å². The Bertz CT molecular complexity index is 541.